The summed E-state index contributed by atoms with van der Waals surface area (Å²) in [5.41, 5.74) is 5.35. The van der Waals surface area contributed by atoms with Crippen LogP contribution in [0.1, 0.15) is 49.3 Å². The van der Waals surface area contributed by atoms with Crippen molar-refractivity contribution >= 4 is 0 Å². The first-order valence-electron chi connectivity index (χ1n) is 7.84. The summed E-state index contributed by atoms with van der Waals surface area (Å²) >= 11 is 0. The summed E-state index contributed by atoms with van der Waals surface area (Å²) in [5, 5.41) is 0. The third-order valence-corrected chi connectivity index (χ3v) is 4.71. The molecule has 0 spiro atoms. The maximum absolute atomic E-state index is 5.87. The highest BCUT2D eigenvalue weighted by atomic mass is 16.5. The highest BCUT2D eigenvalue weighted by Crippen LogP contribution is 2.35. The largest absolute Gasteiger partial charge is 0.497 e. The van der Waals surface area contributed by atoms with Gasteiger partial charge >= 0.3 is 0 Å². The summed E-state index contributed by atoms with van der Waals surface area (Å²) in [7, 11) is 3.48. The molecule has 0 amide bonds. The molecule has 4 nitrogen and oxygen atoms in total. The highest BCUT2D eigenvalue weighted by Gasteiger charge is 2.31. The molecule has 118 valence electrons. The number of methoxy groups -OCH3 is 2. The zero-order chi connectivity index (χ0) is 15.2. The number of rotatable bonds is 6. The Bertz CT molecular complexity index is 444. The number of nitrogens with one attached hydrogen (secondary N) is 1. The van der Waals surface area contributed by atoms with E-state index in [1.807, 2.05) is 12.1 Å². The third kappa shape index (κ3) is 3.76. The number of benzene rings is 1. The lowest BCUT2D eigenvalue weighted by atomic mass is 9.80. The van der Waals surface area contributed by atoms with Crippen molar-refractivity contribution in [1.82, 2.24) is 5.43 Å². The molecule has 1 aliphatic carbocycles. The predicted octanol–water partition coefficient (Wildman–Crippen LogP) is 3.10. The topological polar surface area (TPSA) is 56.5 Å². The molecule has 1 aliphatic rings. The highest BCUT2D eigenvalue weighted by molar-refractivity contribution is 5.37. The number of hydrogen-bond donors (Lipinski definition) is 2. The monoisotopic (exact) mass is 292 g/mol. The van der Waals surface area contributed by atoms with Gasteiger partial charge in [-0.3, -0.25) is 11.3 Å². The Labute approximate surface area is 128 Å². The second-order valence-electron chi connectivity index (χ2n) is 5.97. The van der Waals surface area contributed by atoms with E-state index >= 15 is 0 Å². The first-order valence-corrected chi connectivity index (χ1v) is 7.84. The molecule has 1 aromatic carbocycles. The summed E-state index contributed by atoms with van der Waals surface area (Å²) in [5.74, 6) is 7.32. The molecule has 0 aliphatic heterocycles. The van der Waals surface area contributed by atoms with E-state index in [0.717, 1.165) is 5.75 Å². The Morgan fingerprint density at radius 3 is 2.43 bits per heavy atom. The van der Waals surface area contributed by atoms with Gasteiger partial charge in [0.2, 0.25) is 0 Å². The van der Waals surface area contributed by atoms with Crippen LogP contribution in [0.4, 0.5) is 0 Å². The fourth-order valence-corrected chi connectivity index (χ4v) is 3.55. The van der Waals surface area contributed by atoms with Crippen LogP contribution in [0.25, 0.3) is 0 Å². The van der Waals surface area contributed by atoms with Crippen LogP contribution in [0.3, 0.4) is 0 Å². The van der Waals surface area contributed by atoms with Crippen LogP contribution in [0.2, 0.25) is 0 Å². The van der Waals surface area contributed by atoms with E-state index in [1.165, 1.54) is 43.2 Å². The van der Waals surface area contributed by atoms with Gasteiger partial charge in [0.15, 0.2) is 0 Å². The molecule has 0 radical (unpaired) electrons. The number of nitrogens with two attached hydrogens (primary N) is 1. The molecule has 1 fully saturated rings. The second-order valence-corrected chi connectivity index (χ2v) is 5.97. The Morgan fingerprint density at radius 1 is 1.19 bits per heavy atom. The molecular weight excluding hydrogens is 264 g/mol. The van der Waals surface area contributed by atoms with Gasteiger partial charge in [-0.25, -0.2) is 0 Å². The van der Waals surface area contributed by atoms with Crippen molar-refractivity contribution < 1.29 is 9.47 Å². The lowest BCUT2D eigenvalue weighted by molar-refractivity contribution is 0.00733. The number of aryl methyl sites for hydroxylation is 1. The minimum absolute atomic E-state index is 0.0176. The number of hydrogen-bond acceptors (Lipinski definition) is 4. The fraction of sp³-hybridized carbons (Fsp3) is 0.647. The molecule has 21 heavy (non-hydrogen) atoms. The van der Waals surface area contributed by atoms with Crippen LogP contribution in [-0.4, -0.2) is 20.3 Å². The second kappa shape index (κ2) is 7.78. The Hall–Kier alpha value is -1.10. The van der Waals surface area contributed by atoms with Crippen molar-refractivity contribution in [3.8, 4) is 5.75 Å². The number of hydrazine groups is 1. The minimum Gasteiger partial charge on any atom is -0.497 e. The molecule has 1 saturated carbocycles. The van der Waals surface area contributed by atoms with Crippen molar-refractivity contribution in [3.63, 3.8) is 0 Å². The van der Waals surface area contributed by atoms with Gasteiger partial charge in [-0.15, -0.1) is 0 Å². The van der Waals surface area contributed by atoms with Gasteiger partial charge in [-0.2, -0.15) is 0 Å². The molecule has 4 heteroatoms. The average molecular weight is 292 g/mol. The predicted molar refractivity (Wildman–Crippen MR) is 85.2 cm³/mol. The van der Waals surface area contributed by atoms with Gasteiger partial charge in [0.1, 0.15) is 5.75 Å². The molecule has 0 bridgehead atoms. The molecule has 1 aromatic rings. The minimum atomic E-state index is 0.0176. The average Bonchev–Trinajstić information content (AvgIpc) is 2.53. The van der Waals surface area contributed by atoms with Crippen LogP contribution < -0.4 is 16.0 Å². The standard InChI is InChI=1S/C17H28N2O2/c1-12-11-14(20-2)9-10-15(12)16(19-18)17(21-3)13-7-5-4-6-8-13/h9-11,13,16-17,19H,4-8,18H2,1-3H3. The summed E-state index contributed by atoms with van der Waals surface area (Å²) in [6.45, 7) is 2.09. The van der Waals surface area contributed by atoms with Gasteiger partial charge in [0.25, 0.3) is 0 Å². The van der Waals surface area contributed by atoms with Crippen molar-refractivity contribution in [3.05, 3.63) is 29.3 Å². The van der Waals surface area contributed by atoms with Crippen LogP contribution in [-0.2, 0) is 4.74 Å². The van der Waals surface area contributed by atoms with Crippen LogP contribution in [0.15, 0.2) is 18.2 Å². The fourth-order valence-electron chi connectivity index (χ4n) is 3.55. The number of ether oxygens (including phenoxy) is 2. The molecule has 2 rings (SSSR count). The van der Waals surface area contributed by atoms with Crippen molar-refractivity contribution in [2.24, 2.45) is 11.8 Å². The van der Waals surface area contributed by atoms with E-state index < -0.39 is 0 Å². The lowest BCUT2D eigenvalue weighted by Gasteiger charge is -2.35. The van der Waals surface area contributed by atoms with E-state index in [-0.39, 0.29) is 12.1 Å². The van der Waals surface area contributed by atoms with Gasteiger partial charge in [0.05, 0.1) is 19.3 Å². The quantitative estimate of drug-likeness (QED) is 0.625. The summed E-state index contributed by atoms with van der Waals surface area (Å²) in [6, 6.07) is 6.14. The molecule has 2 atom stereocenters. The molecule has 0 saturated heterocycles. The summed E-state index contributed by atoms with van der Waals surface area (Å²) in [6.07, 6.45) is 6.50. The summed E-state index contributed by atoms with van der Waals surface area (Å²) < 4.78 is 11.1. The molecule has 0 aromatic heterocycles. The first-order chi connectivity index (χ1) is 10.2. The Kier molecular flexibility index (Phi) is 6.03. The van der Waals surface area contributed by atoms with E-state index in [9.17, 15) is 0 Å². The zero-order valence-electron chi connectivity index (χ0n) is 13.4. The van der Waals surface area contributed by atoms with Crippen molar-refractivity contribution in [1.29, 1.82) is 0 Å². The third-order valence-electron chi connectivity index (χ3n) is 4.71. The van der Waals surface area contributed by atoms with Crippen LogP contribution in [0.5, 0.6) is 5.75 Å². The van der Waals surface area contributed by atoms with Gasteiger partial charge in [0, 0.05) is 7.11 Å². The van der Waals surface area contributed by atoms with Crippen LogP contribution >= 0.6 is 0 Å². The smallest absolute Gasteiger partial charge is 0.119 e. The van der Waals surface area contributed by atoms with Crippen LogP contribution in [0, 0.1) is 12.8 Å². The van der Waals surface area contributed by atoms with Gasteiger partial charge in [-0.1, -0.05) is 25.3 Å². The zero-order valence-corrected chi connectivity index (χ0v) is 13.4. The molecule has 3 N–H and O–H groups in total. The van der Waals surface area contributed by atoms with Crippen molar-refractivity contribution in [2.45, 2.75) is 51.2 Å². The van der Waals surface area contributed by atoms with Crippen molar-refractivity contribution in [2.75, 3.05) is 14.2 Å². The van der Waals surface area contributed by atoms with E-state index in [0.29, 0.717) is 5.92 Å². The Morgan fingerprint density at radius 2 is 1.90 bits per heavy atom. The van der Waals surface area contributed by atoms with Gasteiger partial charge in [-0.05, 0) is 48.9 Å². The maximum atomic E-state index is 5.87. The molecule has 2 unspecified atom stereocenters. The van der Waals surface area contributed by atoms with Gasteiger partial charge < -0.3 is 9.47 Å². The Balaban J connectivity index is 2.23. The van der Waals surface area contributed by atoms with E-state index in [4.69, 9.17) is 15.3 Å². The first kappa shape index (κ1) is 16.3. The molecular formula is C17H28N2O2. The SMILES string of the molecule is COc1ccc(C(NN)C(OC)C2CCCCC2)c(C)c1. The normalized spacial score (nSPS) is 19.2. The summed E-state index contributed by atoms with van der Waals surface area (Å²) in [4.78, 5) is 0. The maximum Gasteiger partial charge on any atom is 0.119 e. The van der Waals surface area contributed by atoms with E-state index in [2.05, 4.69) is 18.4 Å². The lowest BCUT2D eigenvalue weighted by Crippen LogP contribution is -2.42. The van der Waals surface area contributed by atoms with E-state index in [1.54, 1.807) is 14.2 Å². The molecule has 0 heterocycles.